The summed E-state index contributed by atoms with van der Waals surface area (Å²) in [6.45, 7) is 17.9. The van der Waals surface area contributed by atoms with Crippen molar-refractivity contribution in [1.82, 2.24) is 15.2 Å². The van der Waals surface area contributed by atoms with E-state index in [9.17, 15) is 4.79 Å². The normalized spacial score (nSPS) is 35.3. The molecule has 0 amide bonds. The summed E-state index contributed by atoms with van der Waals surface area (Å²) in [5.74, 6) is 1.71. The number of H-pyrrole nitrogens is 1. The quantitative estimate of drug-likeness (QED) is 0.206. The van der Waals surface area contributed by atoms with Gasteiger partial charge in [-0.1, -0.05) is 103 Å². The van der Waals surface area contributed by atoms with E-state index in [1.54, 1.807) is 5.57 Å². The zero-order valence-electron chi connectivity index (χ0n) is 32.9. The highest BCUT2D eigenvalue weighted by Gasteiger charge is 2.70. The standard InChI is InChI=1S/C47H58N4O2/c1-42(2)19-21-47(41(52)53-28-29-12-9-8-10-13-29)22-20-46(7)38(35(47)26-42)33(32-15-11-14-30-27-49-23-17-31(30)32)24-37-44(5)25-34-39(50-51-40(34)48)43(3,4)36(44)16-18-45(37,46)6/h8-15,17,23,27,35-37H,16,18-22,24-26,28H2,1-7H3,(H3,48,50,51)/t35?,36?,37?,44-,45+,46+,47-/m0/s1. The Morgan fingerprint density at radius 1 is 0.906 bits per heavy atom. The summed E-state index contributed by atoms with van der Waals surface area (Å²) in [5, 5.41) is 10.4. The van der Waals surface area contributed by atoms with Gasteiger partial charge in [0.15, 0.2) is 0 Å². The van der Waals surface area contributed by atoms with E-state index in [4.69, 9.17) is 10.5 Å². The molecule has 2 aromatic carbocycles. The summed E-state index contributed by atoms with van der Waals surface area (Å²) < 4.78 is 6.41. The second kappa shape index (κ2) is 11.5. The number of carbonyl (C=O) groups is 1. The summed E-state index contributed by atoms with van der Waals surface area (Å²) in [4.78, 5) is 19.4. The number of pyridine rings is 1. The van der Waals surface area contributed by atoms with Crippen molar-refractivity contribution in [3.63, 3.8) is 0 Å². The number of allylic oxidation sites excluding steroid dienone is 2. The lowest BCUT2D eigenvalue weighted by Crippen LogP contribution is -2.65. The zero-order chi connectivity index (χ0) is 37.2. The number of hydrogen-bond acceptors (Lipinski definition) is 5. The van der Waals surface area contributed by atoms with Crippen LogP contribution in [0.25, 0.3) is 16.3 Å². The molecule has 278 valence electrons. The first-order chi connectivity index (χ1) is 25.1. The predicted molar refractivity (Wildman–Crippen MR) is 213 cm³/mol. The van der Waals surface area contributed by atoms with Crippen LogP contribution in [0, 0.1) is 44.8 Å². The first-order valence-corrected chi connectivity index (χ1v) is 20.3. The van der Waals surface area contributed by atoms with Gasteiger partial charge in [-0.15, -0.1) is 0 Å². The minimum atomic E-state index is -0.534. The average molecular weight is 711 g/mol. The number of nitrogen functional groups attached to an aromatic ring is 1. The summed E-state index contributed by atoms with van der Waals surface area (Å²) in [6, 6.07) is 19.2. The van der Waals surface area contributed by atoms with Crippen molar-refractivity contribution in [2.24, 2.45) is 44.8 Å². The molecule has 6 heteroatoms. The molecule has 0 radical (unpaired) electrons. The number of rotatable bonds is 4. The van der Waals surface area contributed by atoms with Crippen molar-refractivity contribution in [2.75, 3.05) is 5.73 Å². The third kappa shape index (κ3) is 4.78. The van der Waals surface area contributed by atoms with Gasteiger partial charge in [0.05, 0.1) is 5.41 Å². The lowest BCUT2D eigenvalue weighted by atomic mass is 9.32. The number of benzene rings is 2. The first-order valence-electron chi connectivity index (χ1n) is 20.3. The topological polar surface area (TPSA) is 93.9 Å². The van der Waals surface area contributed by atoms with Gasteiger partial charge < -0.3 is 10.5 Å². The molecule has 3 saturated carbocycles. The van der Waals surface area contributed by atoms with E-state index < -0.39 is 5.41 Å². The van der Waals surface area contributed by atoms with Gasteiger partial charge in [-0.05, 0) is 125 Å². The third-order valence-electron chi connectivity index (χ3n) is 16.6. The Bertz CT molecular complexity index is 2140. The Hall–Kier alpha value is -3.93. The molecule has 0 spiro atoms. The Morgan fingerprint density at radius 2 is 1.68 bits per heavy atom. The van der Waals surface area contributed by atoms with Gasteiger partial charge in [0, 0.05) is 34.5 Å². The number of hydrogen-bond donors (Lipinski definition) is 2. The van der Waals surface area contributed by atoms with Crippen molar-refractivity contribution >= 4 is 28.1 Å². The third-order valence-corrected chi connectivity index (χ3v) is 16.6. The largest absolute Gasteiger partial charge is 0.460 e. The van der Waals surface area contributed by atoms with E-state index in [1.165, 1.54) is 46.0 Å². The minimum Gasteiger partial charge on any atom is -0.460 e. The molecule has 5 aliphatic carbocycles. The molecule has 0 saturated heterocycles. The molecular formula is C47H58N4O2. The number of anilines is 1. The van der Waals surface area contributed by atoms with Crippen LogP contribution in [0.5, 0.6) is 0 Å². The molecule has 0 aliphatic heterocycles. The van der Waals surface area contributed by atoms with Crippen LogP contribution in [-0.2, 0) is 28.0 Å². The molecule has 6 nitrogen and oxygen atoms in total. The molecule has 2 heterocycles. The van der Waals surface area contributed by atoms with E-state index in [0.717, 1.165) is 50.5 Å². The van der Waals surface area contributed by atoms with Crippen molar-refractivity contribution in [3.05, 3.63) is 94.9 Å². The molecule has 3 unspecified atom stereocenters. The maximum absolute atomic E-state index is 14.9. The van der Waals surface area contributed by atoms with E-state index in [0.29, 0.717) is 24.3 Å². The fraction of sp³-hybridized carbons (Fsp3) is 0.553. The van der Waals surface area contributed by atoms with Crippen LogP contribution >= 0.6 is 0 Å². The molecule has 3 fully saturated rings. The van der Waals surface area contributed by atoms with Crippen molar-refractivity contribution in [1.29, 1.82) is 0 Å². The highest BCUT2D eigenvalue weighted by Crippen LogP contribution is 2.77. The molecule has 0 bridgehead atoms. The second-order valence-corrected chi connectivity index (χ2v) is 19.9. The van der Waals surface area contributed by atoms with Crippen molar-refractivity contribution in [2.45, 2.75) is 118 Å². The predicted octanol–water partition coefficient (Wildman–Crippen LogP) is 10.6. The molecule has 9 rings (SSSR count). The van der Waals surface area contributed by atoms with Gasteiger partial charge >= 0.3 is 5.97 Å². The van der Waals surface area contributed by atoms with Crippen molar-refractivity contribution in [3.8, 4) is 0 Å². The maximum atomic E-state index is 14.9. The van der Waals surface area contributed by atoms with Crippen LogP contribution in [0.2, 0.25) is 0 Å². The van der Waals surface area contributed by atoms with E-state index in [2.05, 4.69) is 100 Å². The molecule has 2 aromatic heterocycles. The van der Waals surface area contributed by atoms with E-state index in [-0.39, 0.29) is 39.0 Å². The molecule has 3 N–H and O–H groups in total. The monoisotopic (exact) mass is 710 g/mol. The van der Waals surface area contributed by atoms with Crippen LogP contribution in [0.3, 0.4) is 0 Å². The molecule has 53 heavy (non-hydrogen) atoms. The minimum absolute atomic E-state index is 0.0119. The van der Waals surface area contributed by atoms with Gasteiger partial charge in [-0.3, -0.25) is 14.9 Å². The van der Waals surface area contributed by atoms with Gasteiger partial charge in [0.2, 0.25) is 0 Å². The SMILES string of the molecule is CC1(C)CC[C@]2(C(=O)OCc3ccccc3)CC[C@]3(C)C(=C(c4cccc5cnccc45)CC4[C@@]5(C)Cc6c(N)n[nH]c6C(C)(C)C5CC[C@]43C)C2C1. The number of fused-ring (bicyclic) bond motifs is 9. The van der Waals surface area contributed by atoms with Crippen LogP contribution in [0.4, 0.5) is 5.82 Å². The molecular weight excluding hydrogens is 653 g/mol. The Kier molecular flexibility index (Phi) is 7.58. The summed E-state index contributed by atoms with van der Waals surface area (Å²) in [7, 11) is 0. The van der Waals surface area contributed by atoms with E-state index in [1.807, 2.05) is 30.6 Å². The Morgan fingerprint density at radius 3 is 2.47 bits per heavy atom. The van der Waals surface area contributed by atoms with Crippen LogP contribution in [-0.4, -0.2) is 21.2 Å². The lowest BCUT2D eigenvalue weighted by Gasteiger charge is -2.71. The van der Waals surface area contributed by atoms with Crippen molar-refractivity contribution < 1.29 is 9.53 Å². The Balaban J connectivity index is 1.26. The molecule has 4 aromatic rings. The number of aromatic amines is 1. The summed E-state index contributed by atoms with van der Waals surface area (Å²) >= 11 is 0. The first kappa shape index (κ1) is 34.8. The number of ether oxygens (including phenoxy) is 1. The van der Waals surface area contributed by atoms with E-state index >= 15 is 0 Å². The second-order valence-electron chi connectivity index (χ2n) is 19.9. The van der Waals surface area contributed by atoms with Gasteiger partial charge in [-0.2, -0.15) is 5.10 Å². The summed E-state index contributed by atoms with van der Waals surface area (Å²) in [6.07, 6.45) is 13.0. The average Bonchev–Trinajstić information content (AvgIpc) is 3.50. The van der Waals surface area contributed by atoms with Crippen LogP contribution in [0.15, 0.2) is 72.6 Å². The highest BCUT2D eigenvalue weighted by atomic mass is 16.5. The van der Waals surface area contributed by atoms with Gasteiger partial charge in [0.1, 0.15) is 12.4 Å². The molecule has 5 aliphatic rings. The lowest BCUT2D eigenvalue weighted by molar-refractivity contribution is -0.181. The number of aromatic nitrogens is 3. The van der Waals surface area contributed by atoms with Gasteiger partial charge in [-0.25, -0.2) is 0 Å². The maximum Gasteiger partial charge on any atom is 0.313 e. The smallest absolute Gasteiger partial charge is 0.313 e. The van der Waals surface area contributed by atoms with Crippen LogP contribution in [0.1, 0.15) is 122 Å². The number of nitrogens with zero attached hydrogens (tertiary/aromatic N) is 2. The summed E-state index contributed by atoms with van der Waals surface area (Å²) in [5.41, 5.74) is 14.1. The fourth-order valence-corrected chi connectivity index (χ4v) is 13.7. The fourth-order valence-electron chi connectivity index (χ4n) is 13.7. The number of nitrogens with one attached hydrogen (secondary N) is 1. The number of nitrogens with two attached hydrogens (primary N) is 1. The van der Waals surface area contributed by atoms with Gasteiger partial charge in [0.25, 0.3) is 0 Å². The number of esters is 1. The molecule has 7 atom stereocenters. The number of carbonyl (C=O) groups excluding carboxylic acids is 1. The van der Waals surface area contributed by atoms with Crippen LogP contribution < -0.4 is 5.73 Å². The zero-order valence-corrected chi connectivity index (χ0v) is 32.9. The highest BCUT2D eigenvalue weighted by molar-refractivity contribution is 5.95. The Labute approximate surface area is 315 Å².